The maximum absolute atomic E-state index is 11.3. The Hall–Kier alpha value is -1.33. The molecule has 0 aliphatic heterocycles. The van der Waals surface area contributed by atoms with E-state index in [-0.39, 0.29) is 11.8 Å². The summed E-state index contributed by atoms with van der Waals surface area (Å²) in [5.74, 6) is 0.556. The first-order chi connectivity index (χ1) is 9.45. The number of rotatable bonds is 8. The Bertz CT molecular complexity index is 415. The number of nitrogens with one attached hydrogen (secondary N) is 1. The molecule has 1 N–H and O–H groups in total. The average Bonchev–Trinajstić information content (AvgIpc) is 2.91. The van der Waals surface area contributed by atoms with E-state index in [0.29, 0.717) is 6.04 Å². The lowest BCUT2D eigenvalue weighted by atomic mass is 10.2. The molecule has 0 aromatic carbocycles. The second kappa shape index (κ2) is 8.07. The predicted molar refractivity (Wildman–Crippen MR) is 78.8 cm³/mol. The molecule has 1 heterocycles. The molecule has 0 saturated heterocycles. The van der Waals surface area contributed by atoms with E-state index < -0.39 is 5.97 Å². The summed E-state index contributed by atoms with van der Waals surface area (Å²) < 4.78 is 10.1. The number of furan rings is 1. The predicted octanol–water partition coefficient (Wildman–Crippen LogP) is 2.45. The molecular weight excluding hydrogens is 256 g/mol. The molecule has 5 nitrogen and oxygen atoms in total. The molecular formula is C15H26N2O3. The summed E-state index contributed by atoms with van der Waals surface area (Å²) in [6.45, 7) is 8.36. The molecule has 0 spiro atoms. The molecule has 0 aliphatic carbocycles. The molecule has 1 aromatic rings. The van der Waals surface area contributed by atoms with Crippen LogP contribution in [0.1, 0.15) is 49.5 Å². The van der Waals surface area contributed by atoms with Crippen LogP contribution in [-0.2, 0) is 4.74 Å². The Morgan fingerprint density at radius 3 is 2.70 bits per heavy atom. The van der Waals surface area contributed by atoms with E-state index in [1.165, 1.54) is 7.11 Å². The Morgan fingerprint density at radius 1 is 1.40 bits per heavy atom. The van der Waals surface area contributed by atoms with Gasteiger partial charge in [0.1, 0.15) is 5.76 Å². The summed E-state index contributed by atoms with van der Waals surface area (Å²) in [7, 11) is 3.47. The molecule has 1 atom stereocenters. The molecule has 0 aliphatic rings. The first-order valence-electron chi connectivity index (χ1n) is 7.07. The molecule has 5 heteroatoms. The molecule has 0 fully saturated rings. The first-order valence-corrected chi connectivity index (χ1v) is 7.07. The van der Waals surface area contributed by atoms with Gasteiger partial charge in [-0.2, -0.15) is 0 Å². The standard InChI is InChI=1S/C15H26N2O3/c1-11(2)17(4)10-6-9-16-12(3)13-7-8-14(20-13)15(18)19-5/h7-8,11-12,16H,6,9-10H2,1-5H3. The van der Waals surface area contributed by atoms with E-state index in [2.05, 4.69) is 35.8 Å². The summed E-state index contributed by atoms with van der Waals surface area (Å²) in [5.41, 5.74) is 0. The van der Waals surface area contributed by atoms with E-state index in [9.17, 15) is 4.79 Å². The third-order valence-electron chi connectivity index (χ3n) is 3.46. The largest absolute Gasteiger partial charge is 0.463 e. The molecule has 0 amide bonds. The zero-order valence-corrected chi connectivity index (χ0v) is 13.1. The lowest BCUT2D eigenvalue weighted by molar-refractivity contribution is 0.0562. The van der Waals surface area contributed by atoms with Gasteiger partial charge >= 0.3 is 5.97 Å². The van der Waals surface area contributed by atoms with Crippen LogP contribution < -0.4 is 5.32 Å². The van der Waals surface area contributed by atoms with Crippen molar-refractivity contribution in [1.82, 2.24) is 10.2 Å². The summed E-state index contributed by atoms with van der Waals surface area (Å²) >= 11 is 0. The maximum Gasteiger partial charge on any atom is 0.373 e. The second-order valence-corrected chi connectivity index (χ2v) is 5.30. The highest BCUT2D eigenvalue weighted by atomic mass is 16.5. The fourth-order valence-corrected chi connectivity index (χ4v) is 1.80. The molecule has 0 saturated carbocycles. The average molecular weight is 282 g/mol. The highest BCUT2D eigenvalue weighted by Gasteiger charge is 2.14. The van der Waals surface area contributed by atoms with Gasteiger partial charge in [0.2, 0.25) is 5.76 Å². The minimum atomic E-state index is -0.443. The van der Waals surface area contributed by atoms with Crippen LogP contribution in [0.4, 0.5) is 0 Å². The Morgan fingerprint density at radius 2 is 2.10 bits per heavy atom. The molecule has 1 unspecified atom stereocenters. The second-order valence-electron chi connectivity index (χ2n) is 5.30. The van der Waals surface area contributed by atoms with Gasteiger partial charge in [-0.15, -0.1) is 0 Å². The number of esters is 1. The smallest absolute Gasteiger partial charge is 0.373 e. The minimum absolute atomic E-state index is 0.0813. The highest BCUT2D eigenvalue weighted by Crippen LogP contribution is 2.16. The fraction of sp³-hybridized carbons (Fsp3) is 0.667. The number of carbonyl (C=O) groups excluding carboxylic acids is 1. The number of hydrogen-bond acceptors (Lipinski definition) is 5. The van der Waals surface area contributed by atoms with Crippen LogP contribution in [0.15, 0.2) is 16.5 Å². The van der Waals surface area contributed by atoms with Crippen LogP contribution in [0.25, 0.3) is 0 Å². The monoisotopic (exact) mass is 282 g/mol. The van der Waals surface area contributed by atoms with E-state index in [1.54, 1.807) is 6.07 Å². The van der Waals surface area contributed by atoms with Crippen molar-refractivity contribution in [1.29, 1.82) is 0 Å². The number of ether oxygens (including phenoxy) is 1. The number of carbonyl (C=O) groups is 1. The summed E-state index contributed by atoms with van der Waals surface area (Å²) in [4.78, 5) is 13.6. The van der Waals surface area contributed by atoms with Crippen LogP contribution in [0.5, 0.6) is 0 Å². The van der Waals surface area contributed by atoms with Crippen LogP contribution in [-0.4, -0.2) is 44.2 Å². The molecule has 0 radical (unpaired) electrons. The van der Waals surface area contributed by atoms with Gasteiger partial charge in [0.15, 0.2) is 0 Å². The lowest BCUT2D eigenvalue weighted by Gasteiger charge is -2.21. The molecule has 114 valence electrons. The topological polar surface area (TPSA) is 54.7 Å². The van der Waals surface area contributed by atoms with E-state index >= 15 is 0 Å². The Balaban J connectivity index is 2.34. The number of methoxy groups -OCH3 is 1. The van der Waals surface area contributed by atoms with Gasteiger partial charge in [0.05, 0.1) is 13.2 Å². The van der Waals surface area contributed by atoms with Gasteiger partial charge in [-0.05, 0) is 59.5 Å². The minimum Gasteiger partial charge on any atom is -0.463 e. The van der Waals surface area contributed by atoms with Crippen molar-refractivity contribution in [2.24, 2.45) is 0 Å². The Labute approximate surface area is 121 Å². The van der Waals surface area contributed by atoms with Gasteiger partial charge < -0.3 is 19.4 Å². The van der Waals surface area contributed by atoms with Crippen molar-refractivity contribution in [3.8, 4) is 0 Å². The van der Waals surface area contributed by atoms with Gasteiger partial charge in [-0.1, -0.05) is 0 Å². The zero-order valence-electron chi connectivity index (χ0n) is 13.1. The van der Waals surface area contributed by atoms with Crippen molar-refractivity contribution in [2.75, 3.05) is 27.2 Å². The van der Waals surface area contributed by atoms with E-state index in [0.717, 1.165) is 25.3 Å². The van der Waals surface area contributed by atoms with Crippen molar-refractivity contribution in [2.45, 2.75) is 39.3 Å². The Kier molecular flexibility index (Phi) is 6.75. The van der Waals surface area contributed by atoms with E-state index in [1.807, 2.05) is 13.0 Å². The van der Waals surface area contributed by atoms with Crippen LogP contribution >= 0.6 is 0 Å². The number of nitrogens with zero attached hydrogens (tertiary/aromatic N) is 1. The summed E-state index contributed by atoms with van der Waals surface area (Å²) in [5, 5.41) is 3.39. The third kappa shape index (κ3) is 4.98. The van der Waals surface area contributed by atoms with Crippen LogP contribution in [0.3, 0.4) is 0 Å². The summed E-state index contributed by atoms with van der Waals surface area (Å²) in [6, 6.07) is 4.11. The maximum atomic E-state index is 11.3. The molecule has 1 rings (SSSR count). The van der Waals surface area contributed by atoms with Gasteiger partial charge in [-0.3, -0.25) is 0 Å². The van der Waals surface area contributed by atoms with Gasteiger partial charge in [0, 0.05) is 6.04 Å². The molecule has 0 bridgehead atoms. The summed E-state index contributed by atoms with van der Waals surface area (Å²) in [6.07, 6.45) is 1.07. The first kappa shape index (κ1) is 16.7. The van der Waals surface area contributed by atoms with Crippen molar-refractivity contribution in [3.05, 3.63) is 23.7 Å². The van der Waals surface area contributed by atoms with E-state index in [4.69, 9.17) is 4.42 Å². The van der Waals surface area contributed by atoms with Gasteiger partial charge in [0.25, 0.3) is 0 Å². The number of hydrogen-bond donors (Lipinski definition) is 1. The molecule has 20 heavy (non-hydrogen) atoms. The zero-order chi connectivity index (χ0) is 15.1. The quantitative estimate of drug-likeness (QED) is 0.586. The van der Waals surface area contributed by atoms with Gasteiger partial charge in [-0.25, -0.2) is 4.79 Å². The highest BCUT2D eigenvalue weighted by molar-refractivity contribution is 5.86. The van der Waals surface area contributed by atoms with Crippen molar-refractivity contribution in [3.63, 3.8) is 0 Å². The molecule has 1 aromatic heterocycles. The normalized spacial score (nSPS) is 12.9. The lowest BCUT2D eigenvalue weighted by Crippen LogP contribution is -2.30. The van der Waals surface area contributed by atoms with Crippen LogP contribution in [0, 0.1) is 0 Å². The fourth-order valence-electron chi connectivity index (χ4n) is 1.80. The van der Waals surface area contributed by atoms with Crippen LogP contribution in [0.2, 0.25) is 0 Å². The SMILES string of the molecule is COC(=O)c1ccc(C(C)NCCCN(C)C(C)C)o1. The van der Waals surface area contributed by atoms with Crippen molar-refractivity contribution < 1.29 is 13.9 Å². The van der Waals surface area contributed by atoms with Crippen molar-refractivity contribution >= 4 is 5.97 Å². The third-order valence-corrected chi connectivity index (χ3v) is 3.46.